The van der Waals surface area contributed by atoms with Gasteiger partial charge in [0, 0.05) is 24.0 Å². The number of nitrogens with one attached hydrogen (secondary N) is 2. The zero-order chi connectivity index (χ0) is 15.3. The number of nitrogens with zero attached hydrogens (tertiary/aromatic N) is 1. The number of rotatable bonds is 7. The molecule has 0 saturated carbocycles. The first-order valence-electron chi connectivity index (χ1n) is 7.50. The van der Waals surface area contributed by atoms with Gasteiger partial charge < -0.3 is 5.32 Å². The molecule has 1 atom stereocenters. The minimum absolute atomic E-state index is 0.247. The van der Waals surface area contributed by atoms with Gasteiger partial charge in [-0.05, 0) is 52.0 Å². The molecule has 2 heterocycles. The third-order valence-electron chi connectivity index (χ3n) is 3.84. The van der Waals surface area contributed by atoms with Crippen LogP contribution in [0.3, 0.4) is 0 Å². The molecular weight excluding hydrogens is 306 g/mol. The van der Waals surface area contributed by atoms with E-state index in [9.17, 15) is 8.42 Å². The van der Waals surface area contributed by atoms with E-state index in [0.29, 0.717) is 17.3 Å². The lowest BCUT2D eigenvalue weighted by Gasteiger charge is -2.32. The van der Waals surface area contributed by atoms with Crippen LogP contribution in [0.25, 0.3) is 0 Å². The zero-order valence-electron chi connectivity index (χ0n) is 12.8. The van der Waals surface area contributed by atoms with Crippen molar-refractivity contribution in [3.63, 3.8) is 0 Å². The van der Waals surface area contributed by atoms with E-state index in [1.54, 1.807) is 6.07 Å². The predicted octanol–water partition coefficient (Wildman–Crippen LogP) is 1.62. The van der Waals surface area contributed by atoms with E-state index in [-0.39, 0.29) is 6.04 Å². The summed E-state index contributed by atoms with van der Waals surface area (Å²) < 4.78 is 27.7. The molecule has 1 fully saturated rings. The number of hydrogen-bond donors (Lipinski definition) is 2. The molecule has 0 spiro atoms. The number of likely N-dealkylation sites (tertiary alicyclic amines) is 1. The highest BCUT2D eigenvalue weighted by Crippen LogP contribution is 2.21. The van der Waals surface area contributed by atoms with Crippen LogP contribution in [0.2, 0.25) is 0 Å². The topological polar surface area (TPSA) is 61.4 Å². The Balaban J connectivity index is 1.90. The van der Waals surface area contributed by atoms with E-state index in [1.807, 2.05) is 13.1 Å². The maximum Gasteiger partial charge on any atom is 0.250 e. The molecule has 0 bridgehead atoms. The van der Waals surface area contributed by atoms with E-state index in [4.69, 9.17) is 0 Å². The lowest BCUT2D eigenvalue weighted by atomic mass is 10.1. The van der Waals surface area contributed by atoms with E-state index in [2.05, 4.69) is 21.9 Å². The third kappa shape index (κ3) is 4.75. The van der Waals surface area contributed by atoms with Crippen molar-refractivity contribution in [2.75, 3.05) is 26.7 Å². The van der Waals surface area contributed by atoms with Crippen LogP contribution in [-0.4, -0.2) is 46.0 Å². The van der Waals surface area contributed by atoms with Crippen LogP contribution in [0.5, 0.6) is 0 Å². The molecule has 7 heteroatoms. The maximum atomic E-state index is 12.3. The van der Waals surface area contributed by atoms with Crippen LogP contribution in [0.4, 0.5) is 0 Å². The largest absolute Gasteiger partial charge is 0.315 e. The number of thiophene rings is 1. The average molecular weight is 332 g/mol. The second-order valence-corrected chi connectivity index (χ2v) is 8.71. The van der Waals surface area contributed by atoms with Gasteiger partial charge >= 0.3 is 0 Å². The molecule has 0 aliphatic carbocycles. The normalized spacial score (nSPS) is 18.8. The van der Waals surface area contributed by atoms with Crippen LogP contribution >= 0.6 is 11.3 Å². The second-order valence-electron chi connectivity index (χ2n) is 5.55. The van der Waals surface area contributed by atoms with Crippen LogP contribution in [-0.2, 0) is 16.6 Å². The van der Waals surface area contributed by atoms with Crippen LogP contribution in [0.15, 0.2) is 16.3 Å². The molecule has 2 rings (SSSR count). The van der Waals surface area contributed by atoms with Gasteiger partial charge in [0.1, 0.15) is 4.21 Å². The molecule has 0 amide bonds. The van der Waals surface area contributed by atoms with Crippen molar-refractivity contribution in [1.29, 1.82) is 0 Å². The van der Waals surface area contributed by atoms with Crippen LogP contribution in [0.1, 0.15) is 31.1 Å². The molecule has 0 aromatic carbocycles. The minimum Gasteiger partial charge on any atom is -0.315 e. The lowest BCUT2D eigenvalue weighted by Crippen LogP contribution is -2.44. The molecule has 1 aliphatic heterocycles. The summed E-state index contributed by atoms with van der Waals surface area (Å²) in [6.45, 7) is 5.42. The monoisotopic (exact) mass is 331 g/mol. The molecule has 21 heavy (non-hydrogen) atoms. The molecule has 5 nitrogen and oxygen atoms in total. The summed E-state index contributed by atoms with van der Waals surface area (Å²) in [4.78, 5) is 3.40. The Hall–Kier alpha value is -0.470. The first-order valence-corrected chi connectivity index (χ1v) is 9.80. The Morgan fingerprint density at radius 2 is 2.00 bits per heavy atom. The minimum atomic E-state index is -3.38. The smallest absolute Gasteiger partial charge is 0.250 e. The van der Waals surface area contributed by atoms with Gasteiger partial charge in [-0.2, -0.15) is 0 Å². The van der Waals surface area contributed by atoms with E-state index in [0.717, 1.165) is 18.0 Å². The van der Waals surface area contributed by atoms with Gasteiger partial charge in [-0.15, -0.1) is 11.3 Å². The summed E-state index contributed by atoms with van der Waals surface area (Å²) in [6.07, 6.45) is 3.73. The van der Waals surface area contributed by atoms with E-state index in [1.165, 1.54) is 30.6 Å². The quantitative estimate of drug-likeness (QED) is 0.797. The molecule has 1 unspecified atom stereocenters. The Bertz CT molecular complexity index is 536. The van der Waals surface area contributed by atoms with Crippen molar-refractivity contribution in [1.82, 2.24) is 14.9 Å². The predicted molar refractivity (Wildman–Crippen MR) is 87.2 cm³/mol. The van der Waals surface area contributed by atoms with E-state index >= 15 is 0 Å². The second kappa shape index (κ2) is 7.69. The van der Waals surface area contributed by atoms with Crippen molar-refractivity contribution in [3.05, 3.63) is 17.0 Å². The van der Waals surface area contributed by atoms with Crippen molar-refractivity contribution in [2.45, 2.75) is 43.0 Å². The third-order valence-corrected chi connectivity index (χ3v) is 6.84. The highest BCUT2D eigenvalue weighted by Gasteiger charge is 2.21. The van der Waals surface area contributed by atoms with Crippen molar-refractivity contribution in [3.8, 4) is 0 Å². The summed E-state index contributed by atoms with van der Waals surface area (Å²) in [5.41, 5.74) is 0. The van der Waals surface area contributed by atoms with Gasteiger partial charge in [0.15, 0.2) is 0 Å². The molecule has 1 aromatic heterocycles. The molecule has 0 radical (unpaired) electrons. The number of hydrogen-bond acceptors (Lipinski definition) is 5. The Morgan fingerprint density at radius 1 is 1.29 bits per heavy atom. The summed E-state index contributed by atoms with van der Waals surface area (Å²) in [6, 6.07) is 3.80. The maximum absolute atomic E-state index is 12.3. The zero-order valence-corrected chi connectivity index (χ0v) is 14.4. The van der Waals surface area contributed by atoms with Crippen molar-refractivity contribution >= 4 is 21.4 Å². The van der Waals surface area contributed by atoms with Crippen molar-refractivity contribution in [2.24, 2.45) is 0 Å². The lowest BCUT2D eigenvalue weighted by molar-refractivity contribution is 0.175. The summed E-state index contributed by atoms with van der Waals surface area (Å²) >= 11 is 1.33. The van der Waals surface area contributed by atoms with Gasteiger partial charge in [-0.1, -0.05) is 6.42 Å². The fourth-order valence-electron chi connectivity index (χ4n) is 2.56. The van der Waals surface area contributed by atoms with Crippen LogP contribution in [0, 0.1) is 0 Å². The van der Waals surface area contributed by atoms with Crippen LogP contribution < -0.4 is 10.0 Å². The molecule has 1 aliphatic rings. The van der Waals surface area contributed by atoms with Gasteiger partial charge in [0.2, 0.25) is 10.0 Å². The Morgan fingerprint density at radius 3 is 2.67 bits per heavy atom. The summed E-state index contributed by atoms with van der Waals surface area (Å²) in [5.74, 6) is 0. The highest BCUT2D eigenvalue weighted by molar-refractivity contribution is 7.91. The number of sulfonamides is 1. The summed E-state index contributed by atoms with van der Waals surface area (Å²) in [7, 11) is -1.52. The molecule has 2 N–H and O–H groups in total. The Labute approximate surface area is 131 Å². The highest BCUT2D eigenvalue weighted by atomic mass is 32.2. The molecule has 1 saturated heterocycles. The summed E-state index contributed by atoms with van der Waals surface area (Å²) in [5, 5.41) is 3.03. The molecular formula is C14H25N3O2S2. The standard InChI is InChI=1S/C14H25N3O2S2/c1-12(17-8-4-3-5-9-17)10-16-21(18,19)14-7-6-13(20-14)11-15-2/h6-7,12,15-16H,3-5,8-11H2,1-2H3. The van der Waals surface area contributed by atoms with Gasteiger partial charge in [0.05, 0.1) is 0 Å². The fraction of sp³-hybridized carbons (Fsp3) is 0.714. The number of piperidine rings is 1. The average Bonchev–Trinajstić information content (AvgIpc) is 2.96. The molecule has 120 valence electrons. The fourth-order valence-corrected chi connectivity index (χ4v) is 5.10. The van der Waals surface area contributed by atoms with Gasteiger partial charge in [-0.3, -0.25) is 4.90 Å². The molecule has 1 aromatic rings. The van der Waals surface area contributed by atoms with Gasteiger partial charge in [0.25, 0.3) is 0 Å². The first-order chi connectivity index (χ1) is 10.0. The Kier molecular flexibility index (Phi) is 6.19. The van der Waals surface area contributed by atoms with Crippen molar-refractivity contribution < 1.29 is 8.42 Å². The van der Waals surface area contributed by atoms with Gasteiger partial charge in [-0.25, -0.2) is 13.1 Å². The van der Waals surface area contributed by atoms with E-state index < -0.39 is 10.0 Å². The first kappa shape index (κ1) is 16.9. The SMILES string of the molecule is CNCc1ccc(S(=O)(=O)NCC(C)N2CCCCC2)s1.